The molecule has 0 aliphatic carbocycles. The fraction of sp³-hybridized carbons (Fsp3) is 0.0769. The number of hydrogen-bond acceptors (Lipinski definition) is 3. The van der Waals surface area contributed by atoms with Crippen LogP contribution in [0, 0.1) is 0 Å². The molecule has 0 fully saturated rings. The Morgan fingerprint density at radius 2 is 1.95 bits per heavy atom. The molecule has 1 aromatic heterocycles. The Hall–Kier alpha value is -2.57. The summed E-state index contributed by atoms with van der Waals surface area (Å²) in [4.78, 5) is 16.1. The minimum Gasteiger partial charge on any atom is -0.508 e. The maximum Gasteiger partial charge on any atom is 0.431 e. The van der Waals surface area contributed by atoms with E-state index >= 15 is 0 Å². The van der Waals surface area contributed by atoms with Crippen LogP contribution in [0.4, 0.5) is 13.2 Å². The molecule has 0 spiro atoms. The van der Waals surface area contributed by atoms with E-state index in [0.29, 0.717) is 5.56 Å². The summed E-state index contributed by atoms with van der Waals surface area (Å²) in [6, 6.07) is 6.86. The number of halogens is 3. The van der Waals surface area contributed by atoms with Gasteiger partial charge >= 0.3 is 11.9 Å². The molecule has 2 N–H and O–H groups in total. The summed E-state index contributed by atoms with van der Waals surface area (Å²) in [5, 5.41) is 9.25. The molecule has 0 saturated heterocycles. The highest BCUT2D eigenvalue weighted by atomic mass is 19.4. The molecule has 20 heavy (non-hydrogen) atoms. The van der Waals surface area contributed by atoms with E-state index in [1.54, 1.807) is 17.1 Å². The van der Waals surface area contributed by atoms with E-state index < -0.39 is 17.6 Å². The molecule has 0 amide bonds. The number of rotatable bonds is 2. The highest BCUT2D eigenvalue weighted by Gasteiger charge is 2.32. The van der Waals surface area contributed by atoms with Crippen molar-refractivity contribution in [2.75, 3.05) is 0 Å². The number of phenolic OH excluding ortho intramolecular Hbond substituents is 1. The molecule has 0 bridgehead atoms. The van der Waals surface area contributed by atoms with Crippen molar-refractivity contribution in [1.29, 1.82) is 0 Å². The van der Waals surface area contributed by atoms with Crippen LogP contribution in [0.3, 0.4) is 0 Å². The molecule has 2 aromatic rings. The highest BCUT2D eigenvalue weighted by molar-refractivity contribution is 5.68. The van der Waals surface area contributed by atoms with Crippen molar-refractivity contribution in [3.63, 3.8) is 0 Å². The van der Waals surface area contributed by atoms with E-state index in [1.165, 1.54) is 24.3 Å². The minimum absolute atomic E-state index is 0.0296. The van der Waals surface area contributed by atoms with Gasteiger partial charge in [-0.05, 0) is 29.8 Å². The van der Waals surface area contributed by atoms with Crippen LogP contribution in [-0.4, -0.2) is 15.1 Å². The van der Waals surface area contributed by atoms with Crippen molar-refractivity contribution in [2.45, 2.75) is 6.18 Å². The number of hydrogen-bond donors (Lipinski definition) is 2. The third kappa shape index (κ3) is 3.47. The zero-order valence-corrected chi connectivity index (χ0v) is 9.98. The van der Waals surface area contributed by atoms with Crippen LogP contribution in [0.5, 0.6) is 5.75 Å². The van der Waals surface area contributed by atoms with E-state index in [1.807, 2.05) is 0 Å². The lowest BCUT2D eigenvalue weighted by atomic mass is 10.2. The van der Waals surface area contributed by atoms with Crippen LogP contribution in [0.25, 0.3) is 12.2 Å². The predicted octanol–water partition coefficient (Wildman–Crippen LogP) is 2.66. The van der Waals surface area contributed by atoms with Crippen molar-refractivity contribution < 1.29 is 18.3 Å². The Kier molecular flexibility index (Phi) is 3.60. The van der Waals surface area contributed by atoms with Gasteiger partial charge in [0.05, 0.1) is 5.69 Å². The lowest BCUT2D eigenvalue weighted by Gasteiger charge is -2.05. The van der Waals surface area contributed by atoms with Crippen molar-refractivity contribution >= 4 is 12.2 Å². The number of alkyl halides is 3. The molecule has 0 radical (unpaired) electrons. The van der Waals surface area contributed by atoms with Gasteiger partial charge in [0.15, 0.2) is 0 Å². The summed E-state index contributed by atoms with van der Waals surface area (Å²) in [5.41, 5.74) is -1.78. The predicted molar refractivity (Wildman–Crippen MR) is 66.9 cm³/mol. The average Bonchev–Trinajstić information content (AvgIpc) is 2.35. The quantitative estimate of drug-likeness (QED) is 0.890. The molecule has 0 unspecified atom stereocenters. The Labute approximate surface area is 111 Å². The Morgan fingerprint density at radius 1 is 1.20 bits per heavy atom. The summed E-state index contributed by atoms with van der Waals surface area (Å²) >= 11 is 0. The van der Waals surface area contributed by atoms with E-state index in [2.05, 4.69) is 4.98 Å². The smallest absolute Gasteiger partial charge is 0.431 e. The van der Waals surface area contributed by atoms with Gasteiger partial charge in [0.1, 0.15) is 11.4 Å². The second-order valence-corrected chi connectivity index (χ2v) is 3.95. The first kappa shape index (κ1) is 13.9. The van der Waals surface area contributed by atoms with Gasteiger partial charge in [-0.3, -0.25) is 0 Å². The van der Waals surface area contributed by atoms with Gasteiger partial charge in [0, 0.05) is 0 Å². The van der Waals surface area contributed by atoms with Crippen LogP contribution >= 0.6 is 0 Å². The van der Waals surface area contributed by atoms with E-state index in [9.17, 15) is 23.1 Å². The lowest BCUT2D eigenvalue weighted by molar-refractivity contribution is -0.141. The maximum atomic E-state index is 12.5. The number of aromatic nitrogens is 2. The number of H-pyrrole nitrogens is 1. The summed E-state index contributed by atoms with van der Waals surface area (Å²) in [7, 11) is 0. The van der Waals surface area contributed by atoms with Crippen molar-refractivity contribution in [3.05, 3.63) is 57.8 Å². The molecular formula is C13H9F3N2O2. The molecule has 0 saturated carbocycles. The third-order valence-corrected chi connectivity index (χ3v) is 2.39. The molecular weight excluding hydrogens is 273 g/mol. The van der Waals surface area contributed by atoms with E-state index in [-0.39, 0.29) is 11.4 Å². The van der Waals surface area contributed by atoms with Gasteiger partial charge in [0.2, 0.25) is 0 Å². The molecule has 0 aliphatic rings. The first-order chi connectivity index (χ1) is 9.34. The van der Waals surface area contributed by atoms with Crippen LogP contribution in [0.1, 0.15) is 17.0 Å². The normalized spacial score (nSPS) is 11.9. The molecule has 0 aliphatic heterocycles. The number of aromatic amines is 1. The molecule has 7 heteroatoms. The monoisotopic (exact) mass is 282 g/mol. The van der Waals surface area contributed by atoms with Gasteiger partial charge in [0.25, 0.3) is 0 Å². The number of phenols is 1. The second kappa shape index (κ2) is 5.20. The largest absolute Gasteiger partial charge is 0.508 e. The van der Waals surface area contributed by atoms with E-state index in [0.717, 1.165) is 6.07 Å². The summed E-state index contributed by atoms with van der Waals surface area (Å²) in [6.45, 7) is 0. The molecule has 1 aromatic carbocycles. The average molecular weight is 282 g/mol. The van der Waals surface area contributed by atoms with Gasteiger partial charge < -0.3 is 10.1 Å². The van der Waals surface area contributed by atoms with Gasteiger partial charge in [-0.25, -0.2) is 4.79 Å². The standard InChI is InChI=1S/C13H9F3N2O2/c14-13(15,16)11-7-9(17-12(20)18-11)5-4-8-2-1-3-10(19)6-8/h1-7,19H,(H,17,18,20). The molecule has 2 rings (SSSR count). The van der Waals surface area contributed by atoms with Gasteiger partial charge in [-0.15, -0.1) is 0 Å². The zero-order valence-electron chi connectivity index (χ0n) is 9.98. The second-order valence-electron chi connectivity index (χ2n) is 3.95. The minimum atomic E-state index is -4.64. The lowest BCUT2D eigenvalue weighted by Crippen LogP contribution is -2.19. The third-order valence-electron chi connectivity index (χ3n) is 2.39. The highest BCUT2D eigenvalue weighted by Crippen LogP contribution is 2.27. The Balaban J connectivity index is 2.34. The van der Waals surface area contributed by atoms with Gasteiger partial charge in [-0.1, -0.05) is 18.2 Å². The molecule has 4 nitrogen and oxygen atoms in total. The number of aromatic hydroxyl groups is 1. The molecule has 104 valence electrons. The van der Waals surface area contributed by atoms with Crippen LogP contribution in [-0.2, 0) is 6.18 Å². The maximum absolute atomic E-state index is 12.5. The van der Waals surface area contributed by atoms with Gasteiger partial charge in [-0.2, -0.15) is 18.2 Å². The summed E-state index contributed by atoms with van der Waals surface area (Å²) in [6.07, 6.45) is -1.93. The Bertz CT molecular complexity index is 705. The SMILES string of the molecule is O=c1nc(C=Cc2cccc(O)c2)cc(C(F)(F)F)[nH]1. The van der Waals surface area contributed by atoms with Crippen LogP contribution in [0.2, 0.25) is 0 Å². The van der Waals surface area contributed by atoms with Crippen molar-refractivity contribution in [3.8, 4) is 5.75 Å². The Morgan fingerprint density at radius 3 is 2.60 bits per heavy atom. The summed E-state index contributed by atoms with van der Waals surface area (Å²) in [5.74, 6) is 0.0296. The van der Waals surface area contributed by atoms with Crippen LogP contribution < -0.4 is 5.69 Å². The number of nitrogens with zero attached hydrogens (tertiary/aromatic N) is 1. The molecule has 1 heterocycles. The first-order valence-corrected chi connectivity index (χ1v) is 5.50. The first-order valence-electron chi connectivity index (χ1n) is 5.50. The number of nitrogens with one attached hydrogen (secondary N) is 1. The van der Waals surface area contributed by atoms with Crippen LogP contribution in [0.15, 0.2) is 35.1 Å². The topological polar surface area (TPSA) is 66.0 Å². The fourth-order valence-corrected chi connectivity index (χ4v) is 1.52. The molecule has 0 atom stereocenters. The van der Waals surface area contributed by atoms with E-state index in [4.69, 9.17) is 0 Å². The van der Waals surface area contributed by atoms with Crippen molar-refractivity contribution in [1.82, 2.24) is 9.97 Å². The summed E-state index contributed by atoms with van der Waals surface area (Å²) < 4.78 is 37.5. The fourth-order valence-electron chi connectivity index (χ4n) is 1.52. The number of benzene rings is 1. The van der Waals surface area contributed by atoms with Crippen molar-refractivity contribution in [2.24, 2.45) is 0 Å². The zero-order chi connectivity index (χ0) is 14.8.